The second-order valence-electron chi connectivity index (χ2n) is 7.46. The van der Waals surface area contributed by atoms with Crippen molar-refractivity contribution in [1.29, 1.82) is 0 Å². The minimum atomic E-state index is -0.476. The van der Waals surface area contributed by atoms with Crippen LogP contribution >= 0.6 is 12.4 Å². The topological polar surface area (TPSA) is 55.6 Å². The van der Waals surface area contributed by atoms with Gasteiger partial charge in [-0.15, -0.1) is 12.4 Å². The molecule has 1 aromatic carbocycles. The molecule has 0 saturated carbocycles. The fraction of sp³-hybridized carbons (Fsp3) is 0.632. The molecule has 0 aliphatic carbocycles. The maximum Gasteiger partial charge on any atom is 0.263 e. The lowest BCUT2D eigenvalue weighted by Crippen LogP contribution is -2.41. The number of amides is 1. The number of benzene rings is 1. The van der Waals surface area contributed by atoms with E-state index < -0.39 is 6.10 Å². The summed E-state index contributed by atoms with van der Waals surface area (Å²) < 4.78 is 5.99. The van der Waals surface area contributed by atoms with E-state index >= 15 is 0 Å². The predicted octanol–water partition coefficient (Wildman–Crippen LogP) is 3.50. The Bertz CT molecular complexity index is 576. The van der Waals surface area contributed by atoms with Gasteiger partial charge in [0.05, 0.1) is 0 Å². The first-order valence-corrected chi connectivity index (χ1v) is 8.52. The molecule has 1 aromatic rings. The van der Waals surface area contributed by atoms with Crippen molar-refractivity contribution < 1.29 is 9.53 Å². The zero-order chi connectivity index (χ0) is 17.2. The molecule has 0 aromatic heterocycles. The van der Waals surface area contributed by atoms with Crippen LogP contribution in [-0.2, 0) is 4.79 Å². The number of carbonyl (C=O) groups is 1. The fourth-order valence-electron chi connectivity index (χ4n) is 2.98. The summed E-state index contributed by atoms with van der Waals surface area (Å²) in [7, 11) is 0. The van der Waals surface area contributed by atoms with Gasteiger partial charge >= 0.3 is 0 Å². The molecule has 1 aliphatic rings. The number of ether oxygens (including phenoxy) is 1. The van der Waals surface area contributed by atoms with Crippen LogP contribution in [-0.4, -0.2) is 36.5 Å². The Morgan fingerprint density at radius 2 is 2.04 bits per heavy atom. The summed E-state index contributed by atoms with van der Waals surface area (Å²) in [4.78, 5) is 14.5. The van der Waals surface area contributed by atoms with E-state index in [1.54, 1.807) is 0 Å². The molecule has 0 bridgehead atoms. The van der Waals surface area contributed by atoms with Gasteiger partial charge in [-0.05, 0) is 55.3 Å². The number of likely N-dealkylation sites (tertiary alicyclic amines) is 1. The van der Waals surface area contributed by atoms with E-state index in [9.17, 15) is 4.79 Å². The summed E-state index contributed by atoms with van der Waals surface area (Å²) in [6, 6.07) is 6.23. The van der Waals surface area contributed by atoms with Crippen LogP contribution in [0.1, 0.15) is 51.2 Å². The molecule has 5 heteroatoms. The number of hydrogen-bond acceptors (Lipinski definition) is 3. The zero-order valence-electron chi connectivity index (χ0n) is 15.5. The Hall–Kier alpha value is -1.26. The molecular weight excluding hydrogens is 324 g/mol. The number of nitrogens with two attached hydrogens (primary N) is 1. The monoisotopic (exact) mass is 354 g/mol. The van der Waals surface area contributed by atoms with Crippen molar-refractivity contribution in [2.45, 2.75) is 53.1 Å². The highest BCUT2D eigenvalue weighted by molar-refractivity contribution is 5.85. The first-order valence-electron chi connectivity index (χ1n) is 8.52. The highest BCUT2D eigenvalue weighted by Crippen LogP contribution is 2.30. The summed E-state index contributed by atoms with van der Waals surface area (Å²) >= 11 is 0. The Balaban J connectivity index is 0.00000288. The molecule has 2 atom stereocenters. The van der Waals surface area contributed by atoms with Gasteiger partial charge in [0.2, 0.25) is 0 Å². The molecule has 4 nitrogen and oxygen atoms in total. The van der Waals surface area contributed by atoms with Gasteiger partial charge in [0.1, 0.15) is 5.75 Å². The van der Waals surface area contributed by atoms with Crippen molar-refractivity contribution >= 4 is 18.3 Å². The zero-order valence-corrected chi connectivity index (χ0v) is 16.3. The van der Waals surface area contributed by atoms with Gasteiger partial charge in [-0.3, -0.25) is 4.79 Å². The molecule has 2 unspecified atom stereocenters. The Morgan fingerprint density at radius 3 is 2.58 bits per heavy atom. The number of hydrogen-bond donors (Lipinski definition) is 1. The maximum atomic E-state index is 12.6. The van der Waals surface area contributed by atoms with E-state index in [1.165, 1.54) is 5.56 Å². The Morgan fingerprint density at radius 1 is 1.38 bits per heavy atom. The molecule has 136 valence electrons. The lowest BCUT2D eigenvalue weighted by atomic mass is 9.90. The van der Waals surface area contributed by atoms with Gasteiger partial charge in [-0.25, -0.2) is 0 Å². The predicted molar refractivity (Wildman–Crippen MR) is 101 cm³/mol. The van der Waals surface area contributed by atoms with Crippen molar-refractivity contribution in [3.63, 3.8) is 0 Å². The third-order valence-electron chi connectivity index (χ3n) is 4.89. The second kappa shape index (κ2) is 8.21. The Labute approximate surface area is 152 Å². The fourth-order valence-corrected chi connectivity index (χ4v) is 2.98. The number of halogens is 1. The van der Waals surface area contributed by atoms with E-state index in [0.717, 1.165) is 30.8 Å². The highest BCUT2D eigenvalue weighted by atomic mass is 35.5. The molecule has 1 aliphatic heterocycles. The van der Waals surface area contributed by atoms with Crippen molar-refractivity contribution in [3.05, 3.63) is 29.3 Å². The SMILES string of the molecule is Cc1ccc(C(C)C)cc1OC(C)C(=O)N1CCC(C)(CN)C1.Cl. The summed E-state index contributed by atoms with van der Waals surface area (Å²) in [6.45, 7) is 12.4. The summed E-state index contributed by atoms with van der Waals surface area (Å²) in [6.07, 6.45) is 0.486. The van der Waals surface area contributed by atoms with Crippen LogP contribution in [0.4, 0.5) is 0 Å². The molecular formula is C19H31ClN2O2. The van der Waals surface area contributed by atoms with E-state index in [-0.39, 0.29) is 23.7 Å². The second-order valence-corrected chi connectivity index (χ2v) is 7.46. The minimum absolute atomic E-state index is 0. The summed E-state index contributed by atoms with van der Waals surface area (Å²) in [5.41, 5.74) is 8.15. The molecule has 0 spiro atoms. The van der Waals surface area contributed by atoms with Crippen molar-refractivity contribution in [1.82, 2.24) is 4.90 Å². The molecule has 2 rings (SSSR count). The van der Waals surface area contributed by atoms with Crippen molar-refractivity contribution in [3.8, 4) is 5.75 Å². The smallest absolute Gasteiger partial charge is 0.263 e. The quantitative estimate of drug-likeness (QED) is 0.880. The van der Waals surface area contributed by atoms with Crippen LogP contribution in [0, 0.1) is 12.3 Å². The first kappa shape index (κ1) is 20.8. The van der Waals surface area contributed by atoms with Gasteiger partial charge in [0.15, 0.2) is 6.10 Å². The van der Waals surface area contributed by atoms with Gasteiger partial charge in [-0.1, -0.05) is 32.9 Å². The van der Waals surface area contributed by atoms with Crippen molar-refractivity contribution in [2.24, 2.45) is 11.1 Å². The number of carbonyl (C=O) groups excluding carboxylic acids is 1. The average molecular weight is 355 g/mol. The largest absolute Gasteiger partial charge is 0.481 e. The van der Waals surface area contributed by atoms with Crippen LogP contribution in [0.15, 0.2) is 18.2 Å². The van der Waals surface area contributed by atoms with Crippen molar-refractivity contribution in [2.75, 3.05) is 19.6 Å². The molecule has 1 amide bonds. The molecule has 0 radical (unpaired) electrons. The van der Waals surface area contributed by atoms with Crippen LogP contribution < -0.4 is 10.5 Å². The van der Waals surface area contributed by atoms with E-state index in [0.29, 0.717) is 12.5 Å². The summed E-state index contributed by atoms with van der Waals surface area (Å²) in [5.74, 6) is 1.29. The van der Waals surface area contributed by atoms with E-state index in [4.69, 9.17) is 10.5 Å². The molecule has 1 heterocycles. The third-order valence-corrected chi connectivity index (χ3v) is 4.89. The lowest BCUT2D eigenvalue weighted by Gasteiger charge is -2.25. The van der Waals surface area contributed by atoms with Gasteiger partial charge in [0, 0.05) is 13.1 Å². The maximum absolute atomic E-state index is 12.6. The van der Waals surface area contributed by atoms with E-state index in [2.05, 4.69) is 39.0 Å². The number of aryl methyl sites for hydroxylation is 1. The van der Waals surface area contributed by atoms with Gasteiger partial charge in [0.25, 0.3) is 5.91 Å². The average Bonchev–Trinajstić information content (AvgIpc) is 2.91. The molecule has 24 heavy (non-hydrogen) atoms. The standard InChI is InChI=1S/C19H30N2O2.ClH/c1-13(2)16-7-6-14(3)17(10-16)23-15(4)18(22)21-9-8-19(5,11-20)12-21;/h6-7,10,13,15H,8-9,11-12,20H2,1-5H3;1H. The van der Waals surface area contributed by atoms with Crippen LogP contribution in [0.5, 0.6) is 5.75 Å². The molecule has 2 N–H and O–H groups in total. The van der Waals surface area contributed by atoms with E-state index in [1.807, 2.05) is 18.7 Å². The number of nitrogens with zero attached hydrogens (tertiary/aromatic N) is 1. The highest BCUT2D eigenvalue weighted by Gasteiger charge is 2.36. The van der Waals surface area contributed by atoms with Crippen LogP contribution in [0.25, 0.3) is 0 Å². The third kappa shape index (κ3) is 4.64. The lowest BCUT2D eigenvalue weighted by molar-refractivity contribution is -0.137. The minimum Gasteiger partial charge on any atom is -0.481 e. The molecule has 1 fully saturated rings. The molecule has 1 saturated heterocycles. The van der Waals surface area contributed by atoms with Gasteiger partial charge in [-0.2, -0.15) is 0 Å². The summed E-state index contributed by atoms with van der Waals surface area (Å²) in [5, 5.41) is 0. The van der Waals surface area contributed by atoms with Crippen LogP contribution in [0.3, 0.4) is 0 Å². The normalized spacial score (nSPS) is 21.5. The number of rotatable bonds is 5. The van der Waals surface area contributed by atoms with Crippen LogP contribution in [0.2, 0.25) is 0 Å². The Kier molecular flexibility index (Phi) is 7.11. The first-order chi connectivity index (χ1) is 10.8. The van der Waals surface area contributed by atoms with Gasteiger partial charge < -0.3 is 15.4 Å².